The van der Waals surface area contributed by atoms with Crippen molar-refractivity contribution in [1.29, 1.82) is 0 Å². The number of carbonyl (C=O) groups is 1. The minimum Gasteiger partial charge on any atom is -0.491 e. The molecule has 1 rings (SSSR count). The summed E-state index contributed by atoms with van der Waals surface area (Å²) < 4.78 is 5.68. The van der Waals surface area contributed by atoms with Gasteiger partial charge in [0.2, 0.25) is 0 Å². The first-order valence-electron chi connectivity index (χ1n) is 7.43. The number of benzene rings is 1. The van der Waals surface area contributed by atoms with E-state index in [1.165, 1.54) is 0 Å². The van der Waals surface area contributed by atoms with E-state index in [-0.39, 0.29) is 12.0 Å². The minimum absolute atomic E-state index is 0.0432. The van der Waals surface area contributed by atoms with Gasteiger partial charge in [0, 0.05) is 18.7 Å². The van der Waals surface area contributed by atoms with Gasteiger partial charge in [-0.05, 0) is 50.6 Å². The fourth-order valence-electron chi connectivity index (χ4n) is 1.67. The molecule has 1 amide bonds. The number of nitrogens with one attached hydrogen (secondary N) is 2. The molecule has 1 unspecified atom stereocenters. The predicted molar refractivity (Wildman–Crippen MR) is 82.3 cm³/mol. The van der Waals surface area contributed by atoms with Crippen LogP contribution in [0.4, 0.5) is 0 Å². The molecule has 1 aromatic carbocycles. The van der Waals surface area contributed by atoms with Crippen LogP contribution in [0.1, 0.15) is 44.0 Å². The molecule has 0 bridgehead atoms. The van der Waals surface area contributed by atoms with E-state index >= 15 is 0 Å². The van der Waals surface area contributed by atoms with Crippen LogP contribution in [0, 0.1) is 0 Å². The van der Waals surface area contributed by atoms with Crippen molar-refractivity contribution in [2.24, 2.45) is 0 Å². The summed E-state index contributed by atoms with van der Waals surface area (Å²) in [5.74, 6) is 0.763. The second-order valence-corrected chi connectivity index (χ2v) is 4.87. The van der Waals surface area contributed by atoms with Crippen molar-refractivity contribution in [3.63, 3.8) is 0 Å². The molecule has 0 aliphatic heterocycles. The highest BCUT2D eigenvalue weighted by Gasteiger charge is 2.06. The van der Waals surface area contributed by atoms with Crippen molar-refractivity contribution in [2.75, 3.05) is 19.6 Å². The molecule has 112 valence electrons. The van der Waals surface area contributed by atoms with Crippen molar-refractivity contribution in [1.82, 2.24) is 10.6 Å². The Bertz CT molecular complexity index is 390. The molecule has 0 aliphatic rings. The summed E-state index contributed by atoms with van der Waals surface area (Å²) in [5, 5.41) is 6.13. The first-order valence-corrected chi connectivity index (χ1v) is 7.43. The summed E-state index contributed by atoms with van der Waals surface area (Å²) in [5.41, 5.74) is 0.664. The van der Waals surface area contributed by atoms with Gasteiger partial charge >= 0.3 is 0 Å². The number of rotatable bonds is 9. The van der Waals surface area contributed by atoms with E-state index < -0.39 is 0 Å². The van der Waals surface area contributed by atoms with Gasteiger partial charge in [-0.15, -0.1) is 0 Å². The Balaban J connectivity index is 2.37. The molecular weight excluding hydrogens is 252 g/mol. The zero-order valence-corrected chi connectivity index (χ0v) is 12.7. The molecular formula is C16H26N2O2. The largest absolute Gasteiger partial charge is 0.491 e. The lowest BCUT2D eigenvalue weighted by atomic mass is 10.2. The van der Waals surface area contributed by atoms with E-state index in [0.29, 0.717) is 12.1 Å². The Kier molecular flexibility index (Phi) is 7.73. The Labute approximate surface area is 121 Å². The smallest absolute Gasteiger partial charge is 0.251 e. The van der Waals surface area contributed by atoms with E-state index in [1.54, 1.807) is 12.1 Å². The third-order valence-electron chi connectivity index (χ3n) is 3.04. The first-order chi connectivity index (χ1) is 9.67. The van der Waals surface area contributed by atoms with Crippen LogP contribution in [-0.2, 0) is 0 Å². The molecule has 20 heavy (non-hydrogen) atoms. The molecule has 0 saturated carbocycles. The summed E-state index contributed by atoms with van der Waals surface area (Å²) in [6.45, 7) is 8.66. The molecule has 0 aromatic heterocycles. The van der Waals surface area contributed by atoms with Crippen LogP contribution in [0.5, 0.6) is 5.75 Å². The lowest BCUT2D eigenvalue weighted by Crippen LogP contribution is -2.32. The van der Waals surface area contributed by atoms with Crippen molar-refractivity contribution < 1.29 is 9.53 Å². The molecule has 4 nitrogen and oxygen atoms in total. The maximum atomic E-state index is 11.9. The van der Waals surface area contributed by atoms with Crippen molar-refractivity contribution in [3.05, 3.63) is 29.8 Å². The van der Waals surface area contributed by atoms with Crippen LogP contribution in [-0.4, -0.2) is 31.6 Å². The molecule has 0 heterocycles. The zero-order valence-electron chi connectivity index (χ0n) is 12.7. The van der Waals surface area contributed by atoms with Crippen molar-refractivity contribution in [3.8, 4) is 5.75 Å². The molecule has 0 saturated heterocycles. The first kappa shape index (κ1) is 16.5. The Hall–Kier alpha value is -1.55. The lowest BCUT2D eigenvalue weighted by Gasteiger charge is -2.12. The summed E-state index contributed by atoms with van der Waals surface area (Å²) in [7, 11) is 0. The third-order valence-corrected chi connectivity index (χ3v) is 3.04. The van der Waals surface area contributed by atoms with Crippen molar-refractivity contribution >= 4 is 5.91 Å². The van der Waals surface area contributed by atoms with Gasteiger partial charge in [-0.3, -0.25) is 4.79 Å². The quantitative estimate of drug-likeness (QED) is 0.683. The van der Waals surface area contributed by atoms with E-state index in [9.17, 15) is 4.79 Å². The van der Waals surface area contributed by atoms with Crippen LogP contribution >= 0.6 is 0 Å². The maximum absolute atomic E-state index is 11.9. The lowest BCUT2D eigenvalue weighted by molar-refractivity contribution is 0.0954. The fraction of sp³-hybridized carbons (Fsp3) is 0.562. The van der Waals surface area contributed by atoms with E-state index in [4.69, 9.17) is 4.74 Å². The Morgan fingerprint density at radius 2 is 1.85 bits per heavy atom. The average molecular weight is 278 g/mol. The molecule has 1 atom stereocenters. The highest BCUT2D eigenvalue weighted by Crippen LogP contribution is 2.14. The predicted octanol–water partition coefficient (Wildman–Crippen LogP) is 2.59. The fourth-order valence-corrected chi connectivity index (χ4v) is 1.67. The van der Waals surface area contributed by atoms with E-state index in [0.717, 1.165) is 31.7 Å². The van der Waals surface area contributed by atoms with Crippen LogP contribution < -0.4 is 15.4 Å². The van der Waals surface area contributed by atoms with Gasteiger partial charge in [0.15, 0.2) is 0 Å². The summed E-state index contributed by atoms with van der Waals surface area (Å²) in [6, 6.07) is 7.28. The van der Waals surface area contributed by atoms with Crippen LogP contribution in [0.2, 0.25) is 0 Å². The second kappa shape index (κ2) is 9.37. The minimum atomic E-state index is -0.0432. The van der Waals surface area contributed by atoms with Gasteiger partial charge in [0.05, 0.1) is 6.10 Å². The summed E-state index contributed by atoms with van der Waals surface area (Å²) >= 11 is 0. The SMILES string of the molecule is CCCNCCNC(=O)c1ccc(OC(C)CC)cc1. The van der Waals surface area contributed by atoms with Gasteiger partial charge in [0.1, 0.15) is 5.75 Å². The van der Waals surface area contributed by atoms with Crippen LogP contribution in [0.25, 0.3) is 0 Å². The van der Waals surface area contributed by atoms with Crippen LogP contribution in [0.3, 0.4) is 0 Å². The summed E-state index contributed by atoms with van der Waals surface area (Å²) in [6.07, 6.45) is 2.26. The van der Waals surface area contributed by atoms with Crippen LogP contribution in [0.15, 0.2) is 24.3 Å². The van der Waals surface area contributed by atoms with Gasteiger partial charge in [0.25, 0.3) is 5.91 Å². The third kappa shape index (κ3) is 6.06. The van der Waals surface area contributed by atoms with Gasteiger partial charge < -0.3 is 15.4 Å². The Morgan fingerprint density at radius 3 is 2.45 bits per heavy atom. The number of ether oxygens (including phenoxy) is 1. The number of carbonyl (C=O) groups excluding carboxylic acids is 1. The topological polar surface area (TPSA) is 50.4 Å². The number of hydrogen-bond acceptors (Lipinski definition) is 3. The van der Waals surface area contributed by atoms with Crippen molar-refractivity contribution in [2.45, 2.75) is 39.7 Å². The number of amides is 1. The zero-order chi connectivity index (χ0) is 14.8. The highest BCUT2D eigenvalue weighted by atomic mass is 16.5. The molecule has 0 fully saturated rings. The summed E-state index contributed by atoms with van der Waals surface area (Å²) in [4.78, 5) is 11.9. The second-order valence-electron chi connectivity index (χ2n) is 4.87. The molecule has 0 radical (unpaired) electrons. The molecule has 2 N–H and O–H groups in total. The average Bonchev–Trinajstić information content (AvgIpc) is 2.47. The normalized spacial score (nSPS) is 11.9. The molecule has 4 heteroatoms. The number of hydrogen-bond donors (Lipinski definition) is 2. The molecule has 1 aromatic rings. The van der Waals surface area contributed by atoms with Gasteiger partial charge in [-0.1, -0.05) is 13.8 Å². The highest BCUT2D eigenvalue weighted by molar-refractivity contribution is 5.94. The monoisotopic (exact) mass is 278 g/mol. The van der Waals surface area contributed by atoms with E-state index in [2.05, 4.69) is 24.5 Å². The Morgan fingerprint density at radius 1 is 1.15 bits per heavy atom. The standard InChI is InChI=1S/C16H26N2O2/c1-4-10-17-11-12-18-16(19)14-6-8-15(9-7-14)20-13(3)5-2/h6-9,13,17H,4-5,10-12H2,1-3H3,(H,18,19). The van der Waals surface area contributed by atoms with E-state index in [1.807, 2.05) is 19.1 Å². The van der Waals surface area contributed by atoms with Gasteiger partial charge in [-0.25, -0.2) is 0 Å². The molecule has 0 spiro atoms. The maximum Gasteiger partial charge on any atom is 0.251 e. The van der Waals surface area contributed by atoms with Gasteiger partial charge in [-0.2, -0.15) is 0 Å². The molecule has 0 aliphatic carbocycles.